The van der Waals surface area contributed by atoms with Crippen LogP contribution >= 0.6 is 0 Å². The molecule has 162 valence electrons. The van der Waals surface area contributed by atoms with Crippen molar-refractivity contribution in [2.75, 3.05) is 41.5 Å². The van der Waals surface area contributed by atoms with Crippen molar-refractivity contribution < 1.29 is 38.7 Å². The summed E-state index contributed by atoms with van der Waals surface area (Å²) in [5.74, 6) is -0.729. The Morgan fingerprint density at radius 3 is 1.37 bits per heavy atom. The number of carbonyl (C=O) groups is 2. The van der Waals surface area contributed by atoms with Gasteiger partial charge in [-0.1, -0.05) is 0 Å². The van der Waals surface area contributed by atoms with Gasteiger partial charge in [0.05, 0.1) is 28.4 Å². The molecule has 2 rings (SSSR count). The summed E-state index contributed by atoms with van der Waals surface area (Å²) in [4.78, 5) is 24.6. The standard InChI is InChI=1S/C20H24N2O8/c1-27-15-9-11(7-13(23)17(15)29-3)19(25)21-5-6-22-20(26)12-8-14(24)18(30-4)16(10-12)28-2/h7-10,23-24H,5-6H2,1-4H3,(H,21,25)(H,22,26). The first-order valence-corrected chi connectivity index (χ1v) is 8.82. The average molecular weight is 420 g/mol. The van der Waals surface area contributed by atoms with Crippen LogP contribution < -0.4 is 29.6 Å². The molecule has 0 aromatic heterocycles. The highest BCUT2D eigenvalue weighted by Gasteiger charge is 2.17. The van der Waals surface area contributed by atoms with Gasteiger partial charge in [0.15, 0.2) is 23.0 Å². The number of aromatic hydroxyl groups is 2. The van der Waals surface area contributed by atoms with Crippen LogP contribution in [0.5, 0.6) is 34.5 Å². The van der Waals surface area contributed by atoms with E-state index in [0.29, 0.717) is 0 Å². The lowest BCUT2D eigenvalue weighted by molar-refractivity contribution is 0.0927. The number of carbonyl (C=O) groups excluding carboxylic acids is 2. The number of methoxy groups -OCH3 is 4. The van der Waals surface area contributed by atoms with Crippen LogP contribution in [0.1, 0.15) is 20.7 Å². The lowest BCUT2D eigenvalue weighted by atomic mass is 10.1. The fourth-order valence-corrected chi connectivity index (χ4v) is 2.71. The van der Waals surface area contributed by atoms with E-state index in [-0.39, 0.29) is 58.7 Å². The van der Waals surface area contributed by atoms with Gasteiger partial charge in [0.1, 0.15) is 0 Å². The van der Waals surface area contributed by atoms with Gasteiger partial charge in [-0.05, 0) is 24.3 Å². The summed E-state index contributed by atoms with van der Waals surface area (Å²) in [5.41, 5.74) is 0.336. The molecule has 0 saturated heterocycles. The minimum absolute atomic E-state index is 0.124. The molecule has 2 amide bonds. The highest BCUT2D eigenvalue weighted by molar-refractivity contribution is 5.96. The largest absolute Gasteiger partial charge is 0.504 e. The average Bonchev–Trinajstić information content (AvgIpc) is 2.74. The van der Waals surface area contributed by atoms with Crippen LogP contribution in [-0.2, 0) is 0 Å². The topological polar surface area (TPSA) is 136 Å². The Morgan fingerprint density at radius 1 is 0.700 bits per heavy atom. The zero-order chi connectivity index (χ0) is 22.3. The molecule has 0 radical (unpaired) electrons. The highest BCUT2D eigenvalue weighted by atomic mass is 16.5. The molecule has 0 aliphatic carbocycles. The van der Waals surface area contributed by atoms with Crippen molar-refractivity contribution in [3.63, 3.8) is 0 Å². The highest BCUT2D eigenvalue weighted by Crippen LogP contribution is 2.38. The van der Waals surface area contributed by atoms with E-state index < -0.39 is 11.8 Å². The number of ether oxygens (including phenoxy) is 4. The Morgan fingerprint density at radius 2 is 1.07 bits per heavy atom. The Kier molecular flexibility index (Phi) is 7.56. The molecule has 2 aromatic carbocycles. The predicted molar refractivity (Wildman–Crippen MR) is 107 cm³/mol. The van der Waals surface area contributed by atoms with Crippen LogP contribution in [0.4, 0.5) is 0 Å². The first kappa shape index (κ1) is 22.5. The van der Waals surface area contributed by atoms with Gasteiger partial charge in [0.2, 0.25) is 11.5 Å². The molecule has 10 heteroatoms. The summed E-state index contributed by atoms with van der Waals surface area (Å²) in [5, 5.41) is 25.1. The Labute approximate surface area is 173 Å². The summed E-state index contributed by atoms with van der Waals surface area (Å²) < 4.78 is 20.2. The minimum atomic E-state index is -0.468. The van der Waals surface area contributed by atoms with E-state index in [4.69, 9.17) is 18.9 Å². The molecule has 0 unspecified atom stereocenters. The summed E-state index contributed by atoms with van der Waals surface area (Å²) in [7, 11) is 5.53. The van der Waals surface area contributed by atoms with Gasteiger partial charge < -0.3 is 39.8 Å². The van der Waals surface area contributed by atoms with E-state index in [1.165, 1.54) is 52.7 Å². The van der Waals surface area contributed by atoms with Crippen LogP contribution in [0, 0.1) is 0 Å². The molecule has 0 spiro atoms. The summed E-state index contributed by atoms with van der Waals surface area (Å²) in [6, 6.07) is 5.36. The molecule has 0 bridgehead atoms. The van der Waals surface area contributed by atoms with Gasteiger partial charge >= 0.3 is 0 Å². The second-order valence-corrected chi connectivity index (χ2v) is 5.97. The normalized spacial score (nSPS) is 10.1. The number of phenolic OH excluding ortho intramolecular Hbond substituents is 2. The third kappa shape index (κ3) is 4.96. The third-order valence-electron chi connectivity index (χ3n) is 4.14. The van der Waals surface area contributed by atoms with Crippen molar-refractivity contribution >= 4 is 11.8 Å². The Balaban J connectivity index is 1.95. The first-order chi connectivity index (χ1) is 14.4. The van der Waals surface area contributed by atoms with E-state index in [9.17, 15) is 19.8 Å². The molecule has 2 aromatic rings. The number of nitrogens with one attached hydrogen (secondary N) is 2. The predicted octanol–water partition coefficient (Wildman–Crippen LogP) is 1.29. The number of hydrogen-bond donors (Lipinski definition) is 4. The second kappa shape index (κ2) is 10.1. The SMILES string of the molecule is COc1cc(C(=O)NCCNC(=O)c2cc(O)c(OC)c(OC)c2)cc(O)c1OC. The molecule has 0 saturated carbocycles. The van der Waals surface area contributed by atoms with Gasteiger partial charge in [-0.3, -0.25) is 9.59 Å². The molecular formula is C20H24N2O8. The van der Waals surface area contributed by atoms with Crippen LogP contribution in [0.3, 0.4) is 0 Å². The summed E-state index contributed by atoms with van der Waals surface area (Å²) in [6.45, 7) is 0.248. The smallest absolute Gasteiger partial charge is 0.251 e. The monoisotopic (exact) mass is 420 g/mol. The van der Waals surface area contributed by atoms with E-state index in [1.54, 1.807) is 0 Å². The van der Waals surface area contributed by atoms with Gasteiger partial charge in [-0.2, -0.15) is 0 Å². The van der Waals surface area contributed by atoms with Crippen molar-refractivity contribution in [3.05, 3.63) is 35.4 Å². The molecule has 0 aliphatic heterocycles. The van der Waals surface area contributed by atoms with E-state index in [1.807, 2.05) is 0 Å². The van der Waals surface area contributed by atoms with Gasteiger partial charge in [0.25, 0.3) is 11.8 Å². The summed E-state index contributed by atoms with van der Waals surface area (Å²) in [6.07, 6.45) is 0. The van der Waals surface area contributed by atoms with Crippen molar-refractivity contribution in [3.8, 4) is 34.5 Å². The fourth-order valence-electron chi connectivity index (χ4n) is 2.71. The van der Waals surface area contributed by atoms with Crippen LogP contribution in [0.15, 0.2) is 24.3 Å². The number of phenols is 2. The number of hydrogen-bond acceptors (Lipinski definition) is 8. The van der Waals surface area contributed by atoms with Gasteiger partial charge in [0, 0.05) is 24.2 Å². The third-order valence-corrected chi connectivity index (χ3v) is 4.14. The molecule has 0 fully saturated rings. The van der Waals surface area contributed by atoms with Crippen LogP contribution in [0.25, 0.3) is 0 Å². The lowest BCUT2D eigenvalue weighted by Gasteiger charge is -2.13. The molecule has 0 aliphatic rings. The zero-order valence-electron chi connectivity index (χ0n) is 17.1. The fraction of sp³-hybridized carbons (Fsp3) is 0.300. The minimum Gasteiger partial charge on any atom is -0.504 e. The van der Waals surface area contributed by atoms with E-state index in [0.717, 1.165) is 0 Å². The Bertz CT molecular complexity index is 854. The quantitative estimate of drug-likeness (QED) is 0.446. The molecule has 0 atom stereocenters. The Hall–Kier alpha value is -3.82. The maximum Gasteiger partial charge on any atom is 0.251 e. The molecule has 4 N–H and O–H groups in total. The van der Waals surface area contributed by atoms with E-state index >= 15 is 0 Å². The number of amides is 2. The molecule has 10 nitrogen and oxygen atoms in total. The van der Waals surface area contributed by atoms with Crippen molar-refractivity contribution in [1.29, 1.82) is 0 Å². The molecular weight excluding hydrogens is 396 g/mol. The number of benzene rings is 2. The van der Waals surface area contributed by atoms with Crippen molar-refractivity contribution in [2.45, 2.75) is 0 Å². The zero-order valence-corrected chi connectivity index (χ0v) is 17.1. The van der Waals surface area contributed by atoms with Crippen molar-refractivity contribution in [2.24, 2.45) is 0 Å². The van der Waals surface area contributed by atoms with Gasteiger partial charge in [-0.15, -0.1) is 0 Å². The van der Waals surface area contributed by atoms with E-state index in [2.05, 4.69) is 10.6 Å². The second-order valence-electron chi connectivity index (χ2n) is 5.97. The maximum absolute atomic E-state index is 12.3. The maximum atomic E-state index is 12.3. The first-order valence-electron chi connectivity index (χ1n) is 8.82. The van der Waals surface area contributed by atoms with Crippen molar-refractivity contribution in [1.82, 2.24) is 10.6 Å². The lowest BCUT2D eigenvalue weighted by Crippen LogP contribution is -2.34. The molecule has 0 heterocycles. The molecule has 30 heavy (non-hydrogen) atoms. The number of rotatable bonds is 9. The van der Waals surface area contributed by atoms with Crippen LogP contribution in [0.2, 0.25) is 0 Å². The summed E-state index contributed by atoms with van der Waals surface area (Å²) >= 11 is 0. The van der Waals surface area contributed by atoms with Crippen LogP contribution in [-0.4, -0.2) is 63.6 Å². The van der Waals surface area contributed by atoms with Gasteiger partial charge in [-0.25, -0.2) is 0 Å².